The third kappa shape index (κ3) is 4.83. The third-order valence-corrected chi connectivity index (χ3v) is 3.93. The van der Waals surface area contributed by atoms with Crippen molar-refractivity contribution < 1.29 is 17.4 Å². The molecule has 0 aliphatic carbocycles. The van der Waals surface area contributed by atoms with Crippen LogP contribution in [0.4, 0.5) is 5.69 Å². The zero-order valence-electron chi connectivity index (χ0n) is 12.3. The van der Waals surface area contributed by atoms with Crippen LogP contribution >= 0.6 is 0 Å². The molecule has 7 heteroatoms. The van der Waals surface area contributed by atoms with E-state index in [1.54, 1.807) is 36.4 Å². The minimum absolute atomic E-state index is 0.0409. The second-order valence-electron chi connectivity index (χ2n) is 4.77. The molecule has 2 rings (SSSR count). The van der Waals surface area contributed by atoms with E-state index in [1.807, 2.05) is 6.07 Å². The maximum atomic E-state index is 12.2. The van der Waals surface area contributed by atoms with Crippen LogP contribution in [0.15, 0.2) is 48.5 Å². The molecule has 2 aromatic rings. The largest absolute Gasteiger partial charge is 0.380 e. The maximum Gasteiger partial charge on any atom is 0.313 e. The van der Waals surface area contributed by atoms with Crippen molar-refractivity contribution in [2.24, 2.45) is 0 Å². The molecule has 0 saturated carbocycles. The van der Waals surface area contributed by atoms with Gasteiger partial charge in [0.05, 0.1) is 17.3 Å². The van der Waals surface area contributed by atoms with Crippen LogP contribution in [-0.4, -0.2) is 14.3 Å². The Morgan fingerprint density at radius 1 is 1.22 bits per heavy atom. The van der Waals surface area contributed by atoms with E-state index in [0.717, 1.165) is 0 Å². The summed E-state index contributed by atoms with van der Waals surface area (Å²) in [5.41, 5.74) is 1.09. The Morgan fingerprint density at radius 3 is 2.65 bits per heavy atom. The number of benzene rings is 2. The first-order chi connectivity index (χ1) is 10.9. The summed E-state index contributed by atoms with van der Waals surface area (Å²) < 4.78 is 29.5. The lowest BCUT2D eigenvalue weighted by molar-refractivity contribution is -0.114. The van der Waals surface area contributed by atoms with Gasteiger partial charge in [0.15, 0.2) is 5.75 Å². The predicted molar refractivity (Wildman–Crippen MR) is 85.2 cm³/mol. The van der Waals surface area contributed by atoms with Gasteiger partial charge in [-0.05, 0) is 29.8 Å². The number of anilines is 1. The van der Waals surface area contributed by atoms with Gasteiger partial charge in [-0.15, -0.1) is 0 Å². The van der Waals surface area contributed by atoms with Gasteiger partial charge in [-0.2, -0.15) is 13.7 Å². The van der Waals surface area contributed by atoms with Crippen molar-refractivity contribution in [3.05, 3.63) is 59.7 Å². The van der Waals surface area contributed by atoms with Crippen LogP contribution in [0.3, 0.4) is 0 Å². The highest BCUT2D eigenvalue weighted by Gasteiger charge is 2.17. The molecule has 0 radical (unpaired) electrons. The van der Waals surface area contributed by atoms with E-state index >= 15 is 0 Å². The van der Waals surface area contributed by atoms with Gasteiger partial charge in [-0.25, -0.2) is 0 Å². The molecule has 0 aliphatic rings. The first-order valence-corrected chi connectivity index (χ1v) is 8.25. The first-order valence-electron chi connectivity index (χ1n) is 6.67. The van der Waals surface area contributed by atoms with Gasteiger partial charge in [0, 0.05) is 6.92 Å². The van der Waals surface area contributed by atoms with E-state index < -0.39 is 10.1 Å². The van der Waals surface area contributed by atoms with Crippen molar-refractivity contribution in [2.45, 2.75) is 12.7 Å². The monoisotopic (exact) mass is 330 g/mol. The average Bonchev–Trinajstić information content (AvgIpc) is 2.48. The number of nitriles is 1. The van der Waals surface area contributed by atoms with Crippen LogP contribution in [0, 0.1) is 11.3 Å². The van der Waals surface area contributed by atoms with Gasteiger partial charge in [0.25, 0.3) is 0 Å². The van der Waals surface area contributed by atoms with Crippen LogP contribution in [-0.2, 0) is 20.7 Å². The number of amides is 1. The Kier molecular flexibility index (Phi) is 4.98. The first kappa shape index (κ1) is 16.5. The predicted octanol–water partition coefficient (Wildman–Crippen LogP) is 2.43. The summed E-state index contributed by atoms with van der Waals surface area (Å²) in [5, 5.41) is 11.4. The van der Waals surface area contributed by atoms with E-state index in [9.17, 15) is 13.2 Å². The lowest BCUT2D eigenvalue weighted by Crippen LogP contribution is -2.14. The second-order valence-corrected chi connectivity index (χ2v) is 6.35. The minimum atomic E-state index is -3.93. The van der Waals surface area contributed by atoms with Crippen molar-refractivity contribution >= 4 is 21.7 Å². The van der Waals surface area contributed by atoms with Gasteiger partial charge in [0.1, 0.15) is 5.75 Å². The van der Waals surface area contributed by atoms with Crippen molar-refractivity contribution in [2.75, 3.05) is 5.32 Å². The summed E-state index contributed by atoms with van der Waals surface area (Å²) in [6, 6.07) is 14.5. The molecule has 0 atom stereocenters. The quantitative estimate of drug-likeness (QED) is 0.849. The molecule has 0 spiro atoms. The van der Waals surface area contributed by atoms with Crippen molar-refractivity contribution in [3.8, 4) is 11.8 Å². The van der Waals surface area contributed by atoms with Gasteiger partial charge >= 0.3 is 10.1 Å². The summed E-state index contributed by atoms with van der Waals surface area (Å²) in [6.07, 6.45) is 0. The highest BCUT2D eigenvalue weighted by molar-refractivity contribution is 7.86. The normalized spacial score (nSPS) is 10.6. The zero-order valence-corrected chi connectivity index (χ0v) is 13.1. The topological polar surface area (TPSA) is 96.3 Å². The second kappa shape index (κ2) is 6.94. The van der Waals surface area contributed by atoms with E-state index in [-0.39, 0.29) is 23.1 Å². The molecule has 118 valence electrons. The third-order valence-electron chi connectivity index (χ3n) is 2.81. The molecule has 23 heavy (non-hydrogen) atoms. The summed E-state index contributed by atoms with van der Waals surface area (Å²) >= 11 is 0. The van der Waals surface area contributed by atoms with Crippen molar-refractivity contribution in [1.29, 1.82) is 5.26 Å². The summed E-state index contributed by atoms with van der Waals surface area (Å²) in [5.74, 6) is -0.670. The van der Waals surface area contributed by atoms with Crippen LogP contribution in [0.25, 0.3) is 0 Å². The number of carbonyl (C=O) groups excluding carboxylic acids is 1. The summed E-state index contributed by atoms with van der Waals surface area (Å²) in [6.45, 7) is 1.32. The number of hydrogen-bond acceptors (Lipinski definition) is 5. The lowest BCUT2D eigenvalue weighted by atomic mass is 10.2. The lowest BCUT2D eigenvalue weighted by Gasteiger charge is -2.11. The number of nitrogens with zero attached hydrogens (tertiary/aromatic N) is 1. The number of rotatable bonds is 5. The molecule has 0 aromatic heterocycles. The number of carbonyl (C=O) groups is 1. The van der Waals surface area contributed by atoms with E-state index in [2.05, 4.69) is 5.32 Å². The molecule has 0 fully saturated rings. The molecule has 0 saturated heterocycles. The van der Waals surface area contributed by atoms with Crippen LogP contribution in [0.5, 0.6) is 5.75 Å². The Balaban J connectivity index is 2.22. The van der Waals surface area contributed by atoms with E-state index in [0.29, 0.717) is 11.1 Å². The molecule has 0 unspecified atom stereocenters. The van der Waals surface area contributed by atoms with Crippen molar-refractivity contribution in [1.82, 2.24) is 0 Å². The Morgan fingerprint density at radius 2 is 1.96 bits per heavy atom. The van der Waals surface area contributed by atoms with Gasteiger partial charge in [-0.3, -0.25) is 4.79 Å². The average molecular weight is 330 g/mol. The molecular weight excluding hydrogens is 316 g/mol. The molecule has 6 nitrogen and oxygen atoms in total. The fraction of sp³-hybridized carbons (Fsp3) is 0.125. The van der Waals surface area contributed by atoms with Crippen LogP contribution in [0.2, 0.25) is 0 Å². The molecule has 0 heterocycles. The van der Waals surface area contributed by atoms with Gasteiger partial charge < -0.3 is 9.50 Å². The van der Waals surface area contributed by atoms with E-state index in [4.69, 9.17) is 9.44 Å². The van der Waals surface area contributed by atoms with Crippen LogP contribution < -0.4 is 9.50 Å². The maximum absolute atomic E-state index is 12.2. The SMILES string of the molecule is CC(=O)Nc1ccccc1OS(=O)(=O)Cc1cccc(C#N)c1. The van der Waals surface area contributed by atoms with Gasteiger partial charge in [0.2, 0.25) is 5.91 Å². The number of hydrogen-bond donors (Lipinski definition) is 1. The zero-order chi connectivity index (χ0) is 16.9. The molecule has 0 bridgehead atoms. The van der Waals surface area contributed by atoms with Crippen LogP contribution in [0.1, 0.15) is 18.1 Å². The Bertz CT molecular complexity index is 870. The Hall–Kier alpha value is -2.85. The molecule has 1 amide bonds. The highest BCUT2D eigenvalue weighted by Crippen LogP contribution is 2.26. The summed E-state index contributed by atoms with van der Waals surface area (Å²) in [4.78, 5) is 11.1. The number of para-hydroxylation sites is 2. The fourth-order valence-corrected chi connectivity index (χ4v) is 3.00. The standard InChI is InChI=1S/C16H14N2O4S/c1-12(19)18-15-7-2-3-8-16(15)22-23(20,21)11-14-6-4-5-13(9-14)10-17/h2-9H,11H2,1H3,(H,18,19). The summed E-state index contributed by atoms with van der Waals surface area (Å²) in [7, 11) is -3.93. The minimum Gasteiger partial charge on any atom is -0.380 e. The number of nitrogens with one attached hydrogen (secondary N) is 1. The highest BCUT2D eigenvalue weighted by atomic mass is 32.2. The fourth-order valence-electron chi connectivity index (χ4n) is 1.93. The van der Waals surface area contributed by atoms with Gasteiger partial charge in [-0.1, -0.05) is 24.3 Å². The molecule has 0 aliphatic heterocycles. The Labute approximate surface area is 134 Å². The smallest absolute Gasteiger partial charge is 0.313 e. The van der Waals surface area contributed by atoms with E-state index in [1.165, 1.54) is 19.1 Å². The van der Waals surface area contributed by atoms with Crippen molar-refractivity contribution in [3.63, 3.8) is 0 Å². The molecular formula is C16H14N2O4S. The molecule has 1 N–H and O–H groups in total. The molecule has 2 aromatic carbocycles.